The Kier molecular flexibility index (Phi) is 4.90. The predicted molar refractivity (Wildman–Crippen MR) is 90.0 cm³/mol. The first-order chi connectivity index (χ1) is 11.3. The molecular formula is C17H18BrF3N2O. The Morgan fingerprint density at radius 2 is 1.79 bits per heavy atom. The number of hydrogen-bond acceptors (Lipinski definition) is 1. The van der Waals surface area contributed by atoms with Gasteiger partial charge in [-0.05, 0) is 31.0 Å². The summed E-state index contributed by atoms with van der Waals surface area (Å²) < 4.78 is 39.0. The minimum Gasteiger partial charge on any atom is -0.350 e. The third-order valence-corrected chi connectivity index (χ3v) is 5.11. The van der Waals surface area contributed by atoms with Gasteiger partial charge in [0.15, 0.2) is 0 Å². The number of H-pyrrole nitrogens is 1. The van der Waals surface area contributed by atoms with Crippen LogP contribution in [-0.4, -0.2) is 16.9 Å². The number of nitrogens with one attached hydrogen (secondary N) is 2. The molecule has 0 aliphatic heterocycles. The first kappa shape index (κ1) is 17.3. The monoisotopic (exact) mass is 402 g/mol. The van der Waals surface area contributed by atoms with Crippen molar-refractivity contribution in [2.45, 2.75) is 50.7 Å². The van der Waals surface area contributed by atoms with Crippen molar-refractivity contribution in [3.63, 3.8) is 0 Å². The fourth-order valence-corrected chi connectivity index (χ4v) is 3.74. The summed E-state index contributed by atoms with van der Waals surface area (Å²) in [5.74, 6) is -0.265. The van der Waals surface area contributed by atoms with E-state index in [0.717, 1.165) is 37.8 Å². The number of alkyl halides is 3. The molecule has 7 heteroatoms. The van der Waals surface area contributed by atoms with Crippen LogP contribution in [0.1, 0.15) is 54.6 Å². The maximum absolute atomic E-state index is 12.9. The molecule has 0 atom stereocenters. The van der Waals surface area contributed by atoms with Crippen LogP contribution in [0.25, 0.3) is 10.9 Å². The van der Waals surface area contributed by atoms with Gasteiger partial charge >= 0.3 is 6.18 Å². The maximum Gasteiger partial charge on any atom is 0.416 e. The first-order valence-corrected chi connectivity index (χ1v) is 8.84. The summed E-state index contributed by atoms with van der Waals surface area (Å²) in [6.07, 6.45) is 2.04. The van der Waals surface area contributed by atoms with Gasteiger partial charge in [0.25, 0.3) is 5.91 Å². The zero-order valence-electron chi connectivity index (χ0n) is 13.0. The molecule has 1 aliphatic rings. The van der Waals surface area contributed by atoms with Crippen LogP contribution in [0.5, 0.6) is 0 Å². The van der Waals surface area contributed by atoms with Crippen LogP contribution in [0.2, 0.25) is 0 Å². The number of carbonyl (C=O) groups is 1. The van der Waals surface area contributed by atoms with Crippen molar-refractivity contribution in [2.75, 3.05) is 0 Å². The Bertz CT molecular complexity index is 746. The Labute approximate surface area is 146 Å². The van der Waals surface area contributed by atoms with Gasteiger partial charge in [-0.3, -0.25) is 4.79 Å². The molecule has 0 unspecified atom stereocenters. The number of carbonyl (C=O) groups excluding carboxylic acids is 1. The third kappa shape index (κ3) is 3.77. The van der Waals surface area contributed by atoms with Gasteiger partial charge in [-0.1, -0.05) is 41.6 Å². The van der Waals surface area contributed by atoms with Crippen LogP contribution >= 0.6 is 15.9 Å². The second kappa shape index (κ2) is 6.78. The van der Waals surface area contributed by atoms with Crippen molar-refractivity contribution in [3.05, 3.63) is 33.9 Å². The molecule has 1 heterocycles. The Balaban J connectivity index is 1.84. The highest BCUT2D eigenvalue weighted by Gasteiger charge is 2.31. The van der Waals surface area contributed by atoms with Gasteiger partial charge in [-0.2, -0.15) is 13.2 Å². The molecule has 1 aliphatic carbocycles. The van der Waals surface area contributed by atoms with E-state index in [9.17, 15) is 18.0 Å². The Morgan fingerprint density at radius 3 is 2.42 bits per heavy atom. The molecule has 0 radical (unpaired) electrons. The van der Waals surface area contributed by atoms with Gasteiger partial charge in [-0.15, -0.1) is 0 Å². The molecule has 1 fully saturated rings. The highest BCUT2D eigenvalue weighted by molar-refractivity contribution is 9.10. The van der Waals surface area contributed by atoms with E-state index < -0.39 is 11.7 Å². The lowest BCUT2D eigenvalue weighted by Gasteiger charge is -2.15. The fourth-order valence-electron chi connectivity index (χ4n) is 3.17. The number of amides is 1. The van der Waals surface area contributed by atoms with Gasteiger partial charge in [0.2, 0.25) is 0 Å². The SMILES string of the molecule is O=C(NC1CCCCCC1)c1cc2c(Br)cc(C(F)(F)F)cc2[nH]1. The van der Waals surface area contributed by atoms with E-state index in [-0.39, 0.29) is 17.6 Å². The van der Waals surface area contributed by atoms with Crippen LogP contribution in [-0.2, 0) is 6.18 Å². The lowest BCUT2D eigenvalue weighted by Crippen LogP contribution is -2.34. The quantitative estimate of drug-likeness (QED) is 0.648. The van der Waals surface area contributed by atoms with Crippen molar-refractivity contribution in [1.82, 2.24) is 10.3 Å². The number of hydrogen-bond donors (Lipinski definition) is 2. The van der Waals surface area contributed by atoms with Gasteiger partial charge in [-0.25, -0.2) is 0 Å². The molecule has 3 nitrogen and oxygen atoms in total. The molecule has 2 N–H and O–H groups in total. The van der Waals surface area contributed by atoms with Crippen molar-refractivity contribution in [1.29, 1.82) is 0 Å². The number of aromatic amines is 1. The van der Waals surface area contributed by atoms with Crippen molar-refractivity contribution >= 4 is 32.7 Å². The number of halogens is 4. The summed E-state index contributed by atoms with van der Waals surface area (Å²) in [7, 11) is 0. The average Bonchev–Trinajstić information content (AvgIpc) is 2.78. The lowest BCUT2D eigenvalue weighted by molar-refractivity contribution is -0.137. The molecule has 2 aromatic rings. The average molecular weight is 403 g/mol. The summed E-state index contributed by atoms with van der Waals surface area (Å²) in [6, 6.07) is 3.79. The molecule has 0 spiro atoms. The molecule has 1 aromatic carbocycles. The molecule has 1 aromatic heterocycles. The topological polar surface area (TPSA) is 44.9 Å². The van der Waals surface area contributed by atoms with Gasteiger partial charge in [0.05, 0.1) is 5.56 Å². The minimum atomic E-state index is -4.43. The molecule has 3 rings (SSSR count). The summed E-state index contributed by atoms with van der Waals surface area (Å²) in [4.78, 5) is 15.2. The summed E-state index contributed by atoms with van der Waals surface area (Å²) in [6.45, 7) is 0. The highest BCUT2D eigenvalue weighted by atomic mass is 79.9. The van der Waals surface area contributed by atoms with Crippen molar-refractivity contribution in [3.8, 4) is 0 Å². The normalized spacial score (nSPS) is 17.0. The van der Waals surface area contributed by atoms with E-state index in [1.807, 2.05) is 0 Å². The lowest BCUT2D eigenvalue weighted by atomic mass is 10.1. The van der Waals surface area contributed by atoms with Crippen LogP contribution in [0.3, 0.4) is 0 Å². The van der Waals surface area contributed by atoms with Gasteiger partial charge in [0.1, 0.15) is 5.69 Å². The number of rotatable bonds is 2. The summed E-state index contributed by atoms with van der Waals surface area (Å²) >= 11 is 3.16. The van der Waals surface area contributed by atoms with E-state index in [0.29, 0.717) is 15.4 Å². The molecule has 1 amide bonds. The van der Waals surface area contributed by atoms with E-state index in [1.165, 1.54) is 12.8 Å². The fraction of sp³-hybridized carbons (Fsp3) is 0.471. The Morgan fingerprint density at radius 1 is 1.12 bits per heavy atom. The van der Waals surface area contributed by atoms with E-state index in [1.54, 1.807) is 6.07 Å². The van der Waals surface area contributed by atoms with Gasteiger partial charge in [0, 0.05) is 21.4 Å². The van der Waals surface area contributed by atoms with Gasteiger partial charge < -0.3 is 10.3 Å². The standard InChI is InChI=1S/C17H18BrF3N2O/c18-13-7-10(17(19,20)21)8-14-12(13)9-15(23-14)16(24)22-11-5-3-1-2-4-6-11/h7-9,11,23H,1-6H2,(H,22,24). The van der Waals surface area contributed by atoms with Crippen LogP contribution < -0.4 is 5.32 Å². The number of fused-ring (bicyclic) bond motifs is 1. The van der Waals surface area contributed by atoms with E-state index in [4.69, 9.17) is 0 Å². The molecular weight excluding hydrogens is 385 g/mol. The number of aromatic nitrogens is 1. The molecule has 130 valence electrons. The van der Waals surface area contributed by atoms with E-state index >= 15 is 0 Å². The molecule has 24 heavy (non-hydrogen) atoms. The minimum absolute atomic E-state index is 0.139. The first-order valence-electron chi connectivity index (χ1n) is 8.05. The summed E-state index contributed by atoms with van der Waals surface area (Å²) in [5, 5.41) is 3.56. The molecule has 1 saturated carbocycles. The smallest absolute Gasteiger partial charge is 0.350 e. The molecule has 0 saturated heterocycles. The second-order valence-electron chi connectivity index (χ2n) is 6.26. The van der Waals surface area contributed by atoms with E-state index in [2.05, 4.69) is 26.2 Å². The largest absolute Gasteiger partial charge is 0.416 e. The second-order valence-corrected chi connectivity index (χ2v) is 7.12. The zero-order valence-corrected chi connectivity index (χ0v) is 14.6. The van der Waals surface area contributed by atoms with Crippen LogP contribution in [0.4, 0.5) is 13.2 Å². The molecule has 0 bridgehead atoms. The summed E-state index contributed by atoms with van der Waals surface area (Å²) in [5.41, 5.74) is -0.170. The van der Waals surface area contributed by atoms with Crippen LogP contribution in [0.15, 0.2) is 22.7 Å². The predicted octanol–water partition coefficient (Wildman–Crippen LogP) is 5.40. The van der Waals surface area contributed by atoms with Crippen molar-refractivity contribution < 1.29 is 18.0 Å². The Hall–Kier alpha value is -1.50. The maximum atomic E-state index is 12.9. The van der Waals surface area contributed by atoms with Crippen LogP contribution in [0, 0.1) is 0 Å². The highest BCUT2D eigenvalue weighted by Crippen LogP contribution is 2.35. The zero-order chi connectivity index (χ0) is 17.3. The third-order valence-electron chi connectivity index (χ3n) is 4.45. The van der Waals surface area contributed by atoms with Crippen molar-refractivity contribution in [2.24, 2.45) is 0 Å². The number of benzene rings is 1.